The minimum Gasteiger partial charge on any atom is -0.329 e. The highest BCUT2D eigenvalue weighted by Gasteiger charge is 2.14. The Labute approximate surface area is 111 Å². The fourth-order valence-corrected chi connectivity index (χ4v) is 1.82. The van der Waals surface area contributed by atoms with Gasteiger partial charge < -0.3 is 5.73 Å². The molecule has 0 aliphatic rings. The number of benzene rings is 1. The predicted octanol–water partition coefficient (Wildman–Crippen LogP) is 2.60. The average Bonchev–Trinajstić information content (AvgIpc) is 2.34. The normalized spacial score (nSPS) is 12.7. The molecule has 2 nitrogen and oxygen atoms in total. The van der Waals surface area contributed by atoms with E-state index in [1.54, 1.807) is 0 Å². The maximum Gasteiger partial charge on any atom is 0.0581 e. The van der Waals surface area contributed by atoms with Crippen LogP contribution in [0.1, 0.15) is 44.9 Å². The van der Waals surface area contributed by atoms with Crippen molar-refractivity contribution < 1.29 is 0 Å². The van der Waals surface area contributed by atoms with Gasteiger partial charge in [-0.25, -0.2) is 0 Å². The van der Waals surface area contributed by atoms with Crippen molar-refractivity contribution in [2.75, 3.05) is 13.1 Å². The van der Waals surface area contributed by atoms with Crippen LogP contribution in [0.15, 0.2) is 24.3 Å². The molecule has 0 aliphatic carbocycles. The van der Waals surface area contributed by atoms with E-state index in [9.17, 15) is 0 Å². The Morgan fingerprint density at radius 1 is 1.22 bits per heavy atom. The maximum absolute atomic E-state index is 5.80. The molecular formula is C16H24N2. The van der Waals surface area contributed by atoms with Gasteiger partial charge in [0.2, 0.25) is 0 Å². The van der Waals surface area contributed by atoms with Crippen molar-refractivity contribution in [1.29, 1.82) is 0 Å². The Bertz CT molecular complexity index is 415. The molecule has 0 bridgehead atoms. The Balaban J connectivity index is 2.77. The van der Waals surface area contributed by atoms with E-state index in [2.05, 4.69) is 62.2 Å². The van der Waals surface area contributed by atoms with E-state index in [0.29, 0.717) is 13.1 Å². The van der Waals surface area contributed by atoms with Crippen molar-refractivity contribution in [1.82, 2.24) is 5.32 Å². The van der Waals surface area contributed by atoms with Gasteiger partial charge in [0.1, 0.15) is 0 Å². The van der Waals surface area contributed by atoms with Gasteiger partial charge in [0.25, 0.3) is 0 Å². The predicted molar refractivity (Wildman–Crippen MR) is 78.4 cm³/mol. The Morgan fingerprint density at radius 3 is 2.28 bits per heavy atom. The fraction of sp³-hybridized carbons (Fsp3) is 0.500. The van der Waals surface area contributed by atoms with Crippen LogP contribution in [0.4, 0.5) is 0 Å². The third kappa shape index (κ3) is 4.18. The van der Waals surface area contributed by atoms with Gasteiger partial charge in [0, 0.05) is 12.6 Å². The van der Waals surface area contributed by atoms with Crippen LogP contribution in [0.5, 0.6) is 0 Å². The number of nitrogens with one attached hydrogen (secondary N) is 1. The monoisotopic (exact) mass is 244 g/mol. The first-order valence-electron chi connectivity index (χ1n) is 6.42. The standard InChI is InChI=1S/C16H24N2/c1-5-6-11-18-15(12-17)13-7-9-14(10-8-13)16(2,3)4/h7-10,15,18H,11-12,17H2,1-4H3. The molecule has 98 valence electrons. The summed E-state index contributed by atoms with van der Waals surface area (Å²) in [5.41, 5.74) is 8.56. The van der Waals surface area contributed by atoms with Gasteiger partial charge in [0.15, 0.2) is 0 Å². The van der Waals surface area contributed by atoms with Crippen LogP contribution in [0.2, 0.25) is 0 Å². The molecule has 1 rings (SSSR count). The molecule has 3 N–H and O–H groups in total. The summed E-state index contributed by atoms with van der Waals surface area (Å²) in [4.78, 5) is 0. The van der Waals surface area contributed by atoms with E-state index in [1.807, 2.05) is 6.92 Å². The van der Waals surface area contributed by atoms with Crippen LogP contribution in [0.3, 0.4) is 0 Å². The van der Waals surface area contributed by atoms with Gasteiger partial charge in [-0.2, -0.15) is 0 Å². The Morgan fingerprint density at radius 2 is 1.83 bits per heavy atom. The van der Waals surface area contributed by atoms with Gasteiger partial charge in [0.05, 0.1) is 6.54 Å². The molecule has 0 spiro atoms. The molecule has 0 saturated carbocycles. The number of rotatable bonds is 4. The summed E-state index contributed by atoms with van der Waals surface area (Å²) in [7, 11) is 0. The summed E-state index contributed by atoms with van der Waals surface area (Å²) in [6, 6.07) is 8.87. The summed E-state index contributed by atoms with van der Waals surface area (Å²) in [5, 5.41) is 3.35. The van der Waals surface area contributed by atoms with Crippen LogP contribution >= 0.6 is 0 Å². The zero-order chi connectivity index (χ0) is 13.6. The molecule has 1 atom stereocenters. The molecule has 0 saturated heterocycles. The molecule has 0 radical (unpaired) electrons. The number of hydrogen-bond donors (Lipinski definition) is 2. The lowest BCUT2D eigenvalue weighted by Gasteiger charge is -2.21. The van der Waals surface area contributed by atoms with Gasteiger partial charge in [-0.3, -0.25) is 5.32 Å². The molecule has 0 amide bonds. The highest BCUT2D eigenvalue weighted by atomic mass is 14.9. The zero-order valence-electron chi connectivity index (χ0n) is 11.9. The van der Waals surface area contributed by atoms with Gasteiger partial charge >= 0.3 is 0 Å². The van der Waals surface area contributed by atoms with Crippen molar-refractivity contribution in [2.24, 2.45) is 5.73 Å². The second-order valence-electron chi connectivity index (χ2n) is 5.47. The third-order valence-corrected chi connectivity index (χ3v) is 3.03. The van der Waals surface area contributed by atoms with Crippen LogP contribution in [0.25, 0.3) is 0 Å². The molecule has 1 aromatic carbocycles. The van der Waals surface area contributed by atoms with E-state index >= 15 is 0 Å². The van der Waals surface area contributed by atoms with Crippen molar-refractivity contribution in [3.05, 3.63) is 35.4 Å². The highest BCUT2D eigenvalue weighted by Crippen LogP contribution is 2.23. The summed E-state index contributed by atoms with van der Waals surface area (Å²) in [6.45, 7) is 9.77. The van der Waals surface area contributed by atoms with E-state index in [4.69, 9.17) is 5.73 Å². The lowest BCUT2D eigenvalue weighted by molar-refractivity contribution is 0.574. The number of nitrogens with two attached hydrogens (primary N) is 1. The second-order valence-corrected chi connectivity index (χ2v) is 5.47. The fourth-order valence-electron chi connectivity index (χ4n) is 1.82. The van der Waals surface area contributed by atoms with E-state index in [-0.39, 0.29) is 11.5 Å². The first kappa shape index (κ1) is 14.8. The Hall–Kier alpha value is -1.30. The van der Waals surface area contributed by atoms with Crippen molar-refractivity contribution >= 4 is 0 Å². The van der Waals surface area contributed by atoms with Crippen LogP contribution in [-0.4, -0.2) is 13.1 Å². The number of hydrogen-bond acceptors (Lipinski definition) is 2. The topological polar surface area (TPSA) is 38.0 Å². The highest BCUT2D eigenvalue weighted by molar-refractivity contribution is 5.29. The molecule has 0 heterocycles. The van der Waals surface area contributed by atoms with Gasteiger partial charge in [-0.1, -0.05) is 51.0 Å². The van der Waals surface area contributed by atoms with E-state index in [1.165, 1.54) is 11.1 Å². The molecular weight excluding hydrogens is 220 g/mol. The van der Waals surface area contributed by atoms with Gasteiger partial charge in [-0.15, -0.1) is 5.92 Å². The zero-order valence-corrected chi connectivity index (χ0v) is 11.9. The van der Waals surface area contributed by atoms with E-state index in [0.717, 1.165) is 0 Å². The molecule has 0 fully saturated rings. The quantitative estimate of drug-likeness (QED) is 0.799. The van der Waals surface area contributed by atoms with Gasteiger partial charge in [-0.05, 0) is 23.5 Å². The lowest BCUT2D eigenvalue weighted by atomic mass is 9.86. The summed E-state index contributed by atoms with van der Waals surface area (Å²) < 4.78 is 0. The minimum atomic E-state index is 0.180. The SMILES string of the molecule is CC#CCNC(CN)c1ccc(C(C)(C)C)cc1. The van der Waals surface area contributed by atoms with Crippen LogP contribution < -0.4 is 11.1 Å². The van der Waals surface area contributed by atoms with Crippen LogP contribution in [-0.2, 0) is 5.41 Å². The van der Waals surface area contributed by atoms with Crippen LogP contribution in [0, 0.1) is 11.8 Å². The third-order valence-electron chi connectivity index (χ3n) is 3.03. The molecule has 2 heteroatoms. The summed E-state index contributed by atoms with van der Waals surface area (Å²) in [5.74, 6) is 5.88. The summed E-state index contributed by atoms with van der Waals surface area (Å²) >= 11 is 0. The average molecular weight is 244 g/mol. The molecule has 0 aromatic heterocycles. The van der Waals surface area contributed by atoms with Crippen molar-refractivity contribution in [3.8, 4) is 11.8 Å². The Kier molecular flexibility index (Phi) is 5.40. The molecule has 1 unspecified atom stereocenters. The maximum atomic E-state index is 5.80. The lowest BCUT2D eigenvalue weighted by Crippen LogP contribution is -2.28. The van der Waals surface area contributed by atoms with Crippen molar-refractivity contribution in [3.63, 3.8) is 0 Å². The first-order valence-corrected chi connectivity index (χ1v) is 6.42. The largest absolute Gasteiger partial charge is 0.329 e. The molecule has 1 aromatic rings. The second kappa shape index (κ2) is 6.58. The molecule has 0 aliphatic heterocycles. The van der Waals surface area contributed by atoms with Crippen molar-refractivity contribution in [2.45, 2.75) is 39.2 Å². The summed E-state index contributed by atoms with van der Waals surface area (Å²) in [6.07, 6.45) is 0. The molecule has 18 heavy (non-hydrogen) atoms. The first-order chi connectivity index (χ1) is 8.49. The minimum absolute atomic E-state index is 0.180. The smallest absolute Gasteiger partial charge is 0.0581 e. The van der Waals surface area contributed by atoms with E-state index < -0.39 is 0 Å².